The van der Waals surface area contributed by atoms with Crippen molar-refractivity contribution in [2.24, 2.45) is 5.92 Å². The molecule has 3 rings (SSSR count). The average molecular weight is 302 g/mol. The molecule has 1 N–H and O–H groups in total. The second-order valence-corrected chi connectivity index (χ2v) is 6.00. The van der Waals surface area contributed by atoms with Crippen LogP contribution in [-0.2, 0) is 9.59 Å². The molecule has 0 bridgehead atoms. The molecule has 0 saturated carbocycles. The number of benzene rings is 1. The molecule has 2 heterocycles. The third-order valence-electron chi connectivity index (χ3n) is 3.53. The molecule has 0 radical (unpaired) electrons. The first kappa shape index (κ1) is 13.8. The van der Waals surface area contributed by atoms with Gasteiger partial charge in [-0.1, -0.05) is 41.7 Å². The predicted molar refractivity (Wildman–Crippen MR) is 80.4 cm³/mol. The first-order chi connectivity index (χ1) is 10.1. The molecule has 6 heteroatoms. The first-order valence-electron chi connectivity index (χ1n) is 6.62. The van der Waals surface area contributed by atoms with E-state index in [4.69, 9.17) is 5.11 Å². The number of hydrogen-bond acceptors (Lipinski definition) is 4. The molecule has 0 unspecified atom stereocenters. The fourth-order valence-corrected chi connectivity index (χ4v) is 3.51. The molecule has 0 spiro atoms. The van der Waals surface area contributed by atoms with Gasteiger partial charge in [0.05, 0.1) is 16.5 Å². The van der Waals surface area contributed by atoms with Crippen molar-refractivity contribution in [3.05, 3.63) is 36.0 Å². The van der Waals surface area contributed by atoms with Crippen molar-refractivity contribution < 1.29 is 14.7 Å². The van der Waals surface area contributed by atoms with Gasteiger partial charge in [0.1, 0.15) is 0 Å². The molecule has 1 aliphatic rings. The van der Waals surface area contributed by atoms with Gasteiger partial charge in [-0.05, 0) is 12.5 Å². The van der Waals surface area contributed by atoms with Crippen LogP contribution in [-0.4, -0.2) is 28.5 Å². The van der Waals surface area contributed by atoms with Crippen molar-refractivity contribution >= 4 is 28.3 Å². The zero-order valence-corrected chi connectivity index (χ0v) is 12.3. The summed E-state index contributed by atoms with van der Waals surface area (Å²) in [7, 11) is 0. The molecule has 1 aliphatic heterocycles. The van der Waals surface area contributed by atoms with Crippen molar-refractivity contribution in [1.29, 1.82) is 0 Å². The third-order valence-corrected chi connectivity index (χ3v) is 4.76. The van der Waals surface area contributed by atoms with E-state index in [1.807, 2.05) is 37.3 Å². The number of carboxylic acids is 1. The molecule has 1 atom stereocenters. The number of aromatic nitrogens is 1. The molecule has 2 aromatic rings. The molecule has 108 valence electrons. The Morgan fingerprint density at radius 3 is 2.71 bits per heavy atom. The van der Waals surface area contributed by atoms with Gasteiger partial charge in [0.15, 0.2) is 5.13 Å². The van der Waals surface area contributed by atoms with Gasteiger partial charge in [0, 0.05) is 13.0 Å². The van der Waals surface area contributed by atoms with E-state index in [1.165, 1.54) is 16.2 Å². The van der Waals surface area contributed by atoms with Crippen LogP contribution in [0.25, 0.3) is 10.4 Å². The van der Waals surface area contributed by atoms with Crippen molar-refractivity contribution in [3.63, 3.8) is 0 Å². The molecule has 1 fully saturated rings. The van der Waals surface area contributed by atoms with Gasteiger partial charge in [-0.25, -0.2) is 4.98 Å². The van der Waals surface area contributed by atoms with Crippen molar-refractivity contribution in [1.82, 2.24) is 4.98 Å². The summed E-state index contributed by atoms with van der Waals surface area (Å²) < 4.78 is 0. The molecule has 21 heavy (non-hydrogen) atoms. The molecule has 1 saturated heterocycles. The minimum absolute atomic E-state index is 0.0502. The number of carbonyl (C=O) groups is 2. The number of carboxylic acid groups (broad SMARTS) is 1. The van der Waals surface area contributed by atoms with Gasteiger partial charge in [-0.2, -0.15) is 0 Å². The normalized spacial score (nSPS) is 18.2. The Balaban J connectivity index is 1.91. The van der Waals surface area contributed by atoms with Gasteiger partial charge in [0.25, 0.3) is 0 Å². The maximum atomic E-state index is 12.0. The number of rotatable bonds is 3. The maximum absolute atomic E-state index is 12.0. The number of hydrogen-bond donors (Lipinski definition) is 1. The van der Waals surface area contributed by atoms with E-state index >= 15 is 0 Å². The zero-order chi connectivity index (χ0) is 15.0. The summed E-state index contributed by atoms with van der Waals surface area (Å²) in [6.45, 7) is 2.10. The van der Waals surface area contributed by atoms with Crippen molar-refractivity contribution in [2.75, 3.05) is 11.4 Å². The summed E-state index contributed by atoms with van der Waals surface area (Å²) in [4.78, 5) is 29.9. The van der Waals surface area contributed by atoms with Crippen LogP contribution in [0.3, 0.4) is 0 Å². The molecule has 1 aromatic carbocycles. The van der Waals surface area contributed by atoms with E-state index in [2.05, 4.69) is 4.98 Å². The van der Waals surface area contributed by atoms with Crippen LogP contribution in [0.4, 0.5) is 5.13 Å². The van der Waals surface area contributed by atoms with Crippen molar-refractivity contribution in [3.8, 4) is 10.4 Å². The standard InChI is InChI=1S/C15H14N2O3S/c1-9-13(10-5-3-2-4-6-10)21-15(16-9)17-8-11(14(19)20)7-12(17)18/h2-6,11H,7-8H2,1H3,(H,19,20)/t11-/m1/s1. The highest BCUT2D eigenvalue weighted by molar-refractivity contribution is 7.19. The Morgan fingerprint density at radius 2 is 2.10 bits per heavy atom. The monoisotopic (exact) mass is 302 g/mol. The van der Waals surface area contributed by atoms with E-state index in [1.54, 1.807) is 0 Å². The van der Waals surface area contributed by atoms with Crippen LogP contribution in [0.1, 0.15) is 12.1 Å². The second-order valence-electron chi connectivity index (χ2n) is 5.02. The van der Waals surface area contributed by atoms with Crippen LogP contribution in [0.5, 0.6) is 0 Å². The Kier molecular flexibility index (Phi) is 3.47. The Labute approximate surface area is 125 Å². The summed E-state index contributed by atoms with van der Waals surface area (Å²) in [6, 6.07) is 9.85. The van der Waals surface area contributed by atoms with Crippen LogP contribution in [0.15, 0.2) is 30.3 Å². The second kappa shape index (κ2) is 5.29. The Morgan fingerprint density at radius 1 is 1.38 bits per heavy atom. The Bertz CT molecular complexity index is 696. The minimum atomic E-state index is -0.928. The van der Waals surface area contributed by atoms with Crippen LogP contribution >= 0.6 is 11.3 Å². The molecule has 1 aromatic heterocycles. The first-order valence-corrected chi connectivity index (χ1v) is 7.44. The van der Waals surface area contributed by atoms with Gasteiger partial charge < -0.3 is 5.11 Å². The summed E-state index contributed by atoms with van der Waals surface area (Å²) in [5, 5.41) is 9.62. The van der Waals surface area contributed by atoms with Gasteiger partial charge >= 0.3 is 5.97 Å². The number of anilines is 1. The lowest BCUT2D eigenvalue weighted by Gasteiger charge is -2.11. The topological polar surface area (TPSA) is 70.5 Å². The quantitative estimate of drug-likeness (QED) is 0.946. The van der Waals surface area contributed by atoms with E-state index in [0.717, 1.165) is 16.1 Å². The van der Waals surface area contributed by atoms with Gasteiger partial charge in [-0.15, -0.1) is 0 Å². The highest BCUT2D eigenvalue weighted by Gasteiger charge is 2.36. The largest absolute Gasteiger partial charge is 0.481 e. The number of thiazole rings is 1. The predicted octanol–water partition coefficient (Wildman–Crippen LogP) is 2.56. The van der Waals surface area contributed by atoms with Gasteiger partial charge in [0.2, 0.25) is 5.91 Å². The molecule has 1 amide bonds. The SMILES string of the molecule is Cc1nc(N2C[C@H](C(=O)O)CC2=O)sc1-c1ccccc1. The van der Waals surface area contributed by atoms with E-state index in [0.29, 0.717) is 5.13 Å². The number of aryl methyl sites for hydroxylation is 1. The summed E-state index contributed by atoms with van der Waals surface area (Å²) in [5.41, 5.74) is 1.91. The smallest absolute Gasteiger partial charge is 0.308 e. The number of amides is 1. The number of carbonyl (C=O) groups excluding carboxylic acids is 1. The lowest BCUT2D eigenvalue weighted by molar-refractivity contribution is -0.141. The lowest BCUT2D eigenvalue weighted by Crippen LogP contribution is -2.25. The number of aliphatic carboxylic acids is 1. The van der Waals surface area contributed by atoms with Crippen LogP contribution in [0, 0.1) is 12.8 Å². The van der Waals surface area contributed by atoms with Crippen LogP contribution < -0.4 is 4.90 Å². The molecule has 5 nitrogen and oxygen atoms in total. The highest BCUT2D eigenvalue weighted by Crippen LogP contribution is 2.36. The third kappa shape index (κ3) is 2.54. The average Bonchev–Trinajstić information content (AvgIpc) is 3.03. The molecular formula is C15H14N2O3S. The molecule has 0 aliphatic carbocycles. The number of nitrogens with zero attached hydrogens (tertiary/aromatic N) is 2. The summed E-state index contributed by atoms with van der Waals surface area (Å²) in [5.74, 6) is -1.74. The minimum Gasteiger partial charge on any atom is -0.481 e. The van der Waals surface area contributed by atoms with E-state index in [-0.39, 0.29) is 18.9 Å². The van der Waals surface area contributed by atoms with Crippen molar-refractivity contribution in [2.45, 2.75) is 13.3 Å². The summed E-state index contributed by atoms with van der Waals surface area (Å²) in [6.07, 6.45) is 0.0502. The zero-order valence-electron chi connectivity index (χ0n) is 11.4. The fraction of sp³-hybridized carbons (Fsp3) is 0.267. The molecular weight excluding hydrogens is 288 g/mol. The highest BCUT2D eigenvalue weighted by atomic mass is 32.1. The lowest BCUT2D eigenvalue weighted by atomic mass is 10.1. The summed E-state index contributed by atoms with van der Waals surface area (Å²) >= 11 is 1.43. The fourth-order valence-electron chi connectivity index (χ4n) is 2.41. The van der Waals surface area contributed by atoms with Gasteiger partial charge in [-0.3, -0.25) is 14.5 Å². The van der Waals surface area contributed by atoms with Crippen LogP contribution in [0.2, 0.25) is 0 Å². The van der Waals surface area contributed by atoms with E-state index in [9.17, 15) is 9.59 Å². The Hall–Kier alpha value is -2.21. The van der Waals surface area contributed by atoms with E-state index < -0.39 is 11.9 Å². The maximum Gasteiger partial charge on any atom is 0.308 e.